The third kappa shape index (κ3) is 4.44. The zero-order valence-electron chi connectivity index (χ0n) is 10.3. The maximum atomic E-state index is 12.0. The van der Waals surface area contributed by atoms with Gasteiger partial charge in [-0.2, -0.15) is 0 Å². The summed E-state index contributed by atoms with van der Waals surface area (Å²) in [5.74, 6) is 0.0850. The van der Waals surface area contributed by atoms with E-state index in [4.69, 9.17) is 16.3 Å². The first-order valence-electron chi connectivity index (χ1n) is 5.91. The van der Waals surface area contributed by atoms with E-state index in [0.29, 0.717) is 18.1 Å². The minimum atomic E-state index is -0.311. The van der Waals surface area contributed by atoms with Crippen molar-refractivity contribution in [2.75, 3.05) is 6.61 Å². The van der Waals surface area contributed by atoms with Crippen molar-refractivity contribution in [1.29, 1.82) is 0 Å². The quantitative estimate of drug-likeness (QED) is 0.752. The Morgan fingerprint density at radius 2 is 2.29 bits per heavy atom. The Hall–Kier alpha value is -0.930. The number of halogens is 1. The number of pyridine rings is 1. The van der Waals surface area contributed by atoms with Crippen molar-refractivity contribution >= 4 is 17.4 Å². The van der Waals surface area contributed by atoms with E-state index in [1.54, 1.807) is 18.5 Å². The third-order valence-electron chi connectivity index (χ3n) is 2.50. The molecule has 0 amide bonds. The number of hydrogen-bond acceptors (Lipinski definition) is 3. The molecule has 94 valence electrons. The van der Waals surface area contributed by atoms with Crippen molar-refractivity contribution in [3.8, 4) is 0 Å². The maximum absolute atomic E-state index is 12.0. The number of ketones is 1. The van der Waals surface area contributed by atoms with E-state index in [-0.39, 0.29) is 11.9 Å². The predicted molar refractivity (Wildman–Crippen MR) is 68.3 cm³/mol. The fourth-order valence-electron chi connectivity index (χ4n) is 1.65. The molecule has 0 spiro atoms. The molecular formula is C13H18ClNO2. The van der Waals surface area contributed by atoms with Gasteiger partial charge in [-0.3, -0.25) is 9.78 Å². The Morgan fingerprint density at radius 3 is 2.88 bits per heavy atom. The molecule has 0 aliphatic heterocycles. The van der Waals surface area contributed by atoms with Crippen molar-refractivity contribution in [2.45, 2.75) is 39.2 Å². The maximum Gasteiger partial charge on any atom is 0.165 e. The van der Waals surface area contributed by atoms with Gasteiger partial charge >= 0.3 is 0 Å². The number of Topliss-reactive ketones (excluding diaryl/α,β-unsaturated/α-hetero) is 1. The van der Waals surface area contributed by atoms with Gasteiger partial charge < -0.3 is 4.74 Å². The van der Waals surface area contributed by atoms with Crippen LogP contribution in [0.25, 0.3) is 0 Å². The van der Waals surface area contributed by atoms with Crippen molar-refractivity contribution in [2.24, 2.45) is 0 Å². The van der Waals surface area contributed by atoms with Crippen LogP contribution >= 0.6 is 11.6 Å². The molecule has 0 aliphatic carbocycles. The number of hydrogen-bond donors (Lipinski definition) is 0. The molecule has 17 heavy (non-hydrogen) atoms. The van der Waals surface area contributed by atoms with E-state index in [1.165, 1.54) is 0 Å². The lowest BCUT2D eigenvalue weighted by Gasteiger charge is -2.15. The summed E-state index contributed by atoms with van der Waals surface area (Å²) in [7, 11) is 0. The summed E-state index contributed by atoms with van der Waals surface area (Å²) in [5.41, 5.74) is 0.812. The zero-order chi connectivity index (χ0) is 12.7. The van der Waals surface area contributed by atoms with Gasteiger partial charge in [0.15, 0.2) is 5.78 Å². The summed E-state index contributed by atoms with van der Waals surface area (Å²) in [6.07, 6.45) is 4.89. The largest absolute Gasteiger partial charge is 0.371 e. The molecule has 1 rings (SSSR count). The zero-order valence-corrected chi connectivity index (χ0v) is 11.0. The van der Waals surface area contributed by atoms with Gasteiger partial charge in [0.2, 0.25) is 0 Å². The van der Waals surface area contributed by atoms with Crippen LogP contribution in [0.5, 0.6) is 0 Å². The summed E-state index contributed by atoms with van der Waals surface area (Å²) < 4.78 is 5.45. The highest BCUT2D eigenvalue weighted by Gasteiger charge is 2.18. The molecular weight excluding hydrogens is 238 g/mol. The van der Waals surface area contributed by atoms with Gasteiger partial charge in [0.25, 0.3) is 0 Å². The third-order valence-corrected chi connectivity index (χ3v) is 2.84. The molecule has 0 saturated carbocycles. The second-order valence-electron chi connectivity index (χ2n) is 3.84. The van der Waals surface area contributed by atoms with E-state index >= 15 is 0 Å². The number of rotatable bonds is 7. The fraction of sp³-hybridized carbons (Fsp3) is 0.538. The van der Waals surface area contributed by atoms with Gasteiger partial charge in [0.1, 0.15) is 6.10 Å². The summed E-state index contributed by atoms with van der Waals surface area (Å²) in [5, 5.41) is 0.535. The predicted octanol–water partition coefficient (Wildman–Crippen LogP) is 3.05. The van der Waals surface area contributed by atoms with Crippen LogP contribution in [0.4, 0.5) is 0 Å². The summed E-state index contributed by atoms with van der Waals surface area (Å²) in [4.78, 5) is 15.9. The number of ether oxygens (including phenoxy) is 1. The summed E-state index contributed by atoms with van der Waals surface area (Å²) >= 11 is 5.97. The second-order valence-corrected chi connectivity index (χ2v) is 4.25. The van der Waals surface area contributed by atoms with Crippen molar-refractivity contribution in [1.82, 2.24) is 4.98 Å². The Bertz CT molecular complexity index is 362. The van der Waals surface area contributed by atoms with Gasteiger partial charge in [0.05, 0.1) is 5.02 Å². The molecule has 0 aromatic carbocycles. The Morgan fingerprint density at radius 1 is 1.53 bits per heavy atom. The molecule has 0 radical (unpaired) electrons. The van der Waals surface area contributed by atoms with Gasteiger partial charge in [-0.1, -0.05) is 24.9 Å². The van der Waals surface area contributed by atoms with Crippen LogP contribution in [0.1, 0.15) is 32.3 Å². The van der Waals surface area contributed by atoms with Crippen molar-refractivity contribution < 1.29 is 9.53 Å². The number of carbonyl (C=O) groups excluding carboxylic acids is 1. The van der Waals surface area contributed by atoms with Gasteiger partial charge in [-0.25, -0.2) is 0 Å². The lowest BCUT2D eigenvalue weighted by molar-refractivity contribution is -0.130. The topological polar surface area (TPSA) is 39.2 Å². The molecule has 0 fully saturated rings. The molecule has 1 atom stereocenters. The second kappa shape index (κ2) is 7.41. The standard InChI is InChI=1S/C13H18ClNO2/c1-3-5-13(17-4-2)12(16)8-10-6-7-15-9-11(10)14/h6-7,9,13H,3-5,8H2,1-2H3. The molecule has 0 N–H and O–H groups in total. The van der Waals surface area contributed by atoms with E-state index in [1.807, 2.05) is 13.8 Å². The molecule has 0 saturated heterocycles. The van der Waals surface area contributed by atoms with E-state index < -0.39 is 0 Å². The molecule has 3 nitrogen and oxygen atoms in total. The highest BCUT2D eigenvalue weighted by molar-refractivity contribution is 6.31. The first kappa shape index (κ1) is 14.1. The number of carbonyl (C=O) groups is 1. The fourth-order valence-corrected chi connectivity index (χ4v) is 1.84. The van der Waals surface area contributed by atoms with Gasteiger partial charge in [-0.15, -0.1) is 0 Å². The molecule has 0 bridgehead atoms. The highest BCUT2D eigenvalue weighted by atomic mass is 35.5. The van der Waals surface area contributed by atoms with Crippen LogP contribution in [0.2, 0.25) is 5.02 Å². The SMILES string of the molecule is CCCC(OCC)C(=O)Cc1ccncc1Cl. The van der Waals surface area contributed by atoms with E-state index in [2.05, 4.69) is 4.98 Å². The molecule has 1 aromatic heterocycles. The van der Waals surface area contributed by atoms with Crippen LogP contribution < -0.4 is 0 Å². The van der Waals surface area contributed by atoms with Crippen LogP contribution in [0, 0.1) is 0 Å². The normalized spacial score (nSPS) is 12.4. The first-order valence-corrected chi connectivity index (χ1v) is 6.29. The average molecular weight is 256 g/mol. The van der Waals surface area contributed by atoms with Crippen LogP contribution in [0.15, 0.2) is 18.5 Å². The summed E-state index contributed by atoms with van der Waals surface area (Å²) in [6, 6.07) is 1.77. The van der Waals surface area contributed by atoms with Crippen LogP contribution in [0.3, 0.4) is 0 Å². The molecule has 1 unspecified atom stereocenters. The van der Waals surface area contributed by atoms with Gasteiger partial charge in [0, 0.05) is 25.4 Å². The minimum Gasteiger partial charge on any atom is -0.371 e. The first-order chi connectivity index (χ1) is 8.19. The Kier molecular flexibility index (Phi) is 6.16. The van der Waals surface area contributed by atoms with Crippen LogP contribution in [-0.2, 0) is 16.0 Å². The number of nitrogens with zero attached hydrogens (tertiary/aromatic N) is 1. The molecule has 0 aliphatic rings. The van der Waals surface area contributed by atoms with E-state index in [9.17, 15) is 4.79 Å². The monoisotopic (exact) mass is 255 g/mol. The number of aromatic nitrogens is 1. The summed E-state index contributed by atoms with van der Waals surface area (Å²) in [6.45, 7) is 4.49. The van der Waals surface area contributed by atoms with Gasteiger partial charge in [-0.05, 0) is 25.0 Å². The molecule has 4 heteroatoms. The molecule has 1 aromatic rings. The Labute approximate surface area is 107 Å². The van der Waals surface area contributed by atoms with Crippen molar-refractivity contribution in [3.63, 3.8) is 0 Å². The van der Waals surface area contributed by atoms with Crippen LogP contribution in [-0.4, -0.2) is 23.5 Å². The average Bonchev–Trinajstić information content (AvgIpc) is 2.32. The lowest BCUT2D eigenvalue weighted by Crippen LogP contribution is -2.26. The smallest absolute Gasteiger partial charge is 0.165 e. The van der Waals surface area contributed by atoms with Crippen molar-refractivity contribution in [3.05, 3.63) is 29.0 Å². The lowest BCUT2D eigenvalue weighted by atomic mass is 10.0. The minimum absolute atomic E-state index is 0.0850. The highest BCUT2D eigenvalue weighted by Crippen LogP contribution is 2.16. The van der Waals surface area contributed by atoms with E-state index in [0.717, 1.165) is 18.4 Å². The molecule has 1 heterocycles. The Balaban J connectivity index is 2.66.